The van der Waals surface area contributed by atoms with Crippen molar-refractivity contribution in [1.29, 1.82) is 0 Å². The summed E-state index contributed by atoms with van der Waals surface area (Å²) in [5.41, 5.74) is 6.93. The molecule has 1 saturated heterocycles. The van der Waals surface area contributed by atoms with Crippen molar-refractivity contribution in [2.75, 3.05) is 24.6 Å². The SMILES string of the molecule is CCOc1ccc2[nH+]cc(S(=O)(=O)c3ccccc3)c(N3CCC(C(N)=O)CC3)c2c1. The van der Waals surface area contributed by atoms with Gasteiger partial charge in [-0.2, -0.15) is 0 Å². The lowest BCUT2D eigenvalue weighted by Crippen LogP contribution is -2.39. The number of carbonyl (C=O) groups excluding carboxylic acids is 1. The summed E-state index contributed by atoms with van der Waals surface area (Å²) in [4.78, 5) is 17.2. The fourth-order valence-electron chi connectivity index (χ4n) is 4.09. The van der Waals surface area contributed by atoms with Crippen LogP contribution in [0.1, 0.15) is 19.8 Å². The summed E-state index contributed by atoms with van der Waals surface area (Å²) in [5.74, 6) is 0.179. The molecule has 31 heavy (non-hydrogen) atoms. The molecule has 0 unspecified atom stereocenters. The van der Waals surface area contributed by atoms with Gasteiger partial charge in [0, 0.05) is 25.1 Å². The maximum absolute atomic E-state index is 13.6. The first-order chi connectivity index (χ1) is 14.9. The number of hydrogen-bond donors (Lipinski definition) is 1. The number of rotatable bonds is 6. The summed E-state index contributed by atoms with van der Waals surface area (Å²) in [6.45, 7) is 3.50. The lowest BCUT2D eigenvalue weighted by Gasteiger charge is -2.33. The highest BCUT2D eigenvalue weighted by molar-refractivity contribution is 7.91. The fourth-order valence-corrected chi connectivity index (χ4v) is 5.57. The second-order valence-corrected chi connectivity index (χ2v) is 9.54. The van der Waals surface area contributed by atoms with E-state index in [2.05, 4.69) is 4.98 Å². The molecule has 162 valence electrons. The second kappa shape index (κ2) is 8.55. The van der Waals surface area contributed by atoms with Crippen molar-refractivity contribution in [1.82, 2.24) is 0 Å². The summed E-state index contributed by atoms with van der Waals surface area (Å²) in [6, 6.07) is 14.0. The number of aromatic amines is 1. The number of aromatic nitrogens is 1. The van der Waals surface area contributed by atoms with Gasteiger partial charge >= 0.3 is 0 Å². The van der Waals surface area contributed by atoms with Gasteiger partial charge < -0.3 is 15.4 Å². The summed E-state index contributed by atoms with van der Waals surface area (Å²) < 4.78 is 32.8. The van der Waals surface area contributed by atoms with E-state index in [9.17, 15) is 13.2 Å². The normalized spacial score (nSPS) is 15.2. The highest BCUT2D eigenvalue weighted by Crippen LogP contribution is 2.38. The quantitative estimate of drug-likeness (QED) is 0.634. The van der Waals surface area contributed by atoms with Gasteiger partial charge in [-0.3, -0.25) is 4.79 Å². The molecule has 1 fully saturated rings. The molecule has 1 aromatic heterocycles. The van der Waals surface area contributed by atoms with E-state index < -0.39 is 9.84 Å². The van der Waals surface area contributed by atoms with E-state index in [4.69, 9.17) is 10.5 Å². The molecule has 0 saturated carbocycles. The van der Waals surface area contributed by atoms with Crippen LogP contribution in [-0.4, -0.2) is 34.0 Å². The van der Waals surface area contributed by atoms with Crippen molar-refractivity contribution >= 4 is 32.3 Å². The Morgan fingerprint density at radius 2 is 1.87 bits per heavy atom. The van der Waals surface area contributed by atoms with Crippen LogP contribution in [-0.2, 0) is 14.6 Å². The van der Waals surface area contributed by atoms with Crippen LogP contribution in [0.25, 0.3) is 10.9 Å². The molecule has 3 N–H and O–H groups in total. The van der Waals surface area contributed by atoms with Crippen molar-refractivity contribution in [3.63, 3.8) is 0 Å². The van der Waals surface area contributed by atoms with E-state index >= 15 is 0 Å². The molecule has 0 atom stereocenters. The van der Waals surface area contributed by atoms with Gasteiger partial charge in [-0.05, 0) is 44.0 Å². The molecule has 0 radical (unpaired) electrons. The number of pyridine rings is 1. The molecule has 0 bridgehead atoms. The number of hydrogen-bond acceptors (Lipinski definition) is 5. The van der Waals surface area contributed by atoms with Gasteiger partial charge in [-0.1, -0.05) is 18.2 Å². The van der Waals surface area contributed by atoms with Crippen molar-refractivity contribution in [2.24, 2.45) is 11.7 Å². The summed E-state index contributed by atoms with van der Waals surface area (Å²) >= 11 is 0. The first-order valence-corrected chi connectivity index (χ1v) is 11.9. The van der Waals surface area contributed by atoms with E-state index in [1.807, 2.05) is 30.0 Å². The summed E-state index contributed by atoms with van der Waals surface area (Å²) in [6.07, 6.45) is 2.73. The highest BCUT2D eigenvalue weighted by atomic mass is 32.2. The molecule has 1 aliphatic heterocycles. The number of benzene rings is 2. The minimum atomic E-state index is -3.77. The molecule has 4 rings (SSSR count). The Morgan fingerprint density at radius 3 is 2.52 bits per heavy atom. The molecular formula is C23H26N3O4S+. The predicted molar refractivity (Wildman–Crippen MR) is 118 cm³/mol. The third-order valence-electron chi connectivity index (χ3n) is 5.71. The number of nitrogens with two attached hydrogens (primary N) is 1. The van der Waals surface area contributed by atoms with Gasteiger partial charge in [0.25, 0.3) is 0 Å². The number of carbonyl (C=O) groups is 1. The number of sulfone groups is 1. The minimum Gasteiger partial charge on any atom is -0.494 e. The zero-order valence-electron chi connectivity index (χ0n) is 17.4. The summed E-state index contributed by atoms with van der Waals surface area (Å²) in [5, 5.41) is 0.764. The molecule has 1 aliphatic rings. The van der Waals surface area contributed by atoms with Crippen LogP contribution < -0.4 is 20.4 Å². The largest absolute Gasteiger partial charge is 0.494 e. The maximum atomic E-state index is 13.6. The number of amides is 1. The van der Waals surface area contributed by atoms with Crippen molar-refractivity contribution in [3.8, 4) is 5.75 Å². The fraction of sp³-hybridized carbons (Fsp3) is 0.304. The third kappa shape index (κ3) is 4.07. The molecule has 1 amide bonds. The van der Waals surface area contributed by atoms with Gasteiger partial charge in [0.05, 0.1) is 22.6 Å². The lowest BCUT2D eigenvalue weighted by molar-refractivity contribution is -0.347. The molecule has 0 aliphatic carbocycles. The number of primary amides is 1. The Kier molecular flexibility index (Phi) is 5.82. The summed E-state index contributed by atoms with van der Waals surface area (Å²) in [7, 11) is -3.77. The third-order valence-corrected chi connectivity index (χ3v) is 7.49. The van der Waals surface area contributed by atoms with Crippen LogP contribution in [0.4, 0.5) is 5.69 Å². The van der Waals surface area contributed by atoms with E-state index in [1.54, 1.807) is 36.5 Å². The Morgan fingerprint density at radius 1 is 1.16 bits per heavy atom. The lowest BCUT2D eigenvalue weighted by atomic mass is 9.95. The number of H-pyrrole nitrogens is 1. The molecule has 2 aromatic carbocycles. The van der Waals surface area contributed by atoms with Crippen LogP contribution >= 0.6 is 0 Å². The number of ether oxygens (including phenoxy) is 1. The van der Waals surface area contributed by atoms with Gasteiger partial charge in [0.1, 0.15) is 5.75 Å². The molecule has 8 heteroatoms. The van der Waals surface area contributed by atoms with Gasteiger partial charge in [-0.25, -0.2) is 13.4 Å². The number of nitrogens with one attached hydrogen (secondary N) is 1. The zero-order valence-corrected chi connectivity index (χ0v) is 18.2. The predicted octanol–water partition coefficient (Wildman–Crippen LogP) is 2.59. The first-order valence-electron chi connectivity index (χ1n) is 10.4. The van der Waals surface area contributed by atoms with Crippen molar-refractivity contribution < 1.29 is 22.9 Å². The number of anilines is 1. The minimum absolute atomic E-state index is 0.189. The van der Waals surface area contributed by atoms with Crippen LogP contribution in [0.5, 0.6) is 5.75 Å². The Balaban J connectivity index is 1.90. The standard InChI is InChI=1S/C23H25N3O4S/c1-2-30-17-8-9-20-19(14-17)22(26-12-10-16(11-13-26)23(24)27)21(15-25-20)31(28,29)18-6-4-3-5-7-18/h3-9,14-16H,2,10-13H2,1H3,(H2,24,27)/p+1. The van der Waals surface area contributed by atoms with Crippen molar-refractivity contribution in [2.45, 2.75) is 29.6 Å². The van der Waals surface area contributed by atoms with E-state index in [0.29, 0.717) is 44.0 Å². The molecule has 2 heterocycles. The molecule has 3 aromatic rings. The Hall–Kier alpha value is -3.13. The van der Waals surface area contributed by atoms with E-state index in [-0.39, 0.29) is 21.6 Å². The van der Waals surface area contributed by atoms with Crippen molar-refractivity contribution in [3.05, 3.63) is 54.7 Å². The Labute approximate surface area is 181 Å². The monoisotopic (exact) mass is 440 g/mol. The average Bonchev–Trinajstić information content (AvgIpc) is 2.79. The van der Waals surface area contributed by atoms with Gasteiger partial charge in [0.15, 0.2) is 11.1 Å². The Bertz CT molecular complexity index is 1200. The maximum Gasteiger partial charge on any atom is 0.220 e. The first kappa shape index (κ1) is 21.1. The number of nitrogens with zero attached hydrogens (tertiary/aromatic N) is 1. The van der Waals surface area contributed by atoms with Crippen LogP contribution in [0.2, 0.25) is 0 Å². The molecule has 0 spiro atoms. The smallest absolute Gasteiger partial charge is 0.220 e. The topological polar surface area (TPSA) is 104 Å². The van der Waals surface area contributed by atoms with Gasteiger partial charge in [-0.15, -0.1) is 0 Å². The van der Waals surface area contributed by atoms with Gasteiger partial charge in [0.2, 0.25) is 21.3 Å². The molecule has 7 nitrogen and oxygen atoms in total. The van der Waals surface area contributed by atoms with Crippen LogP contribution in [0.3, 0.4) is 0 Å². The average molecular weight is 441 g/mol. The van der Waals surface area contributed by atoms with E-state index in [0.717, 1.165) is 10.9 Å². The number of piperidine rings is 1. The second-order valence-electron chi connectivity index (χ2n) is 7.62. The zero-order chi connectivity index (χ0) is 22.0. The molecular weight excluding hydrogens is 414 g/mol. The number of fused-ring (bicyclic) bond motifs is 1. The van der Waals surface area contributed by atoms with E-state index in [1.165, 1.54) is 0 Å². The van der Waals surface area contributed by atoms with Crippen LogP contribution in [0, 0.1) is 5.92 Å². The highest BCUT2D eigenvalue weighted by Gasteiger charge is 2.32. The van der Waals surface area contributed by atoms with Crippen LogP contribution in [0.15, 0.2) is 64.5 Å².